The molecule has 2 atom stereocenters. The van der Waals surface area contributed by atoms with E-state index in [0.29, 0.717) is 12.1 Å². The molecule has 2 N–H and O–H groups in total. The lowest BCUT2D eigenvalue weighted by Crippen LogP contribution is -2.43. The predicted molar refractivity (Wildman–Crippen MR) is 94.9 cm³/mol. The summed E-state index contributed by atoms with van der Waals surface area (Å²) in [6, 6.07) is -0.704. The molecule has 2 unspecified atom stereocenters. The van der Waals surface area contributed by atoms with Crippen LogP contribution in [-0.2, 0) is 16.1 Å². The fourth-order valence-corrected chi connectivity index (χ4v) is 3.25. The molecule has 1 aliphatic rings. The number of rotatable bonds is 8. The number of aryl methyl sites for hydroxylation is 1. The van der Waals surface area contributed by atoms with Gasteiger partial charge < -0.3 is 25.2 Å². The number of ketones is 1. The maximum atomic E-state index is 12.6. The highest BCUT2D eigenvalue weighted by molar-refractivity contribution is 6.20. The molecule has 0 fully saturated rings. The Kier molecular flexibility index (Phi) is 5.99. The minimum absolute atomic E-state index is 0.132. The molecule has 0 saturated heterocycles. The van der Waals surface area contributed by atoms with E-state index in [2.05, 4.69) is 4.98 Å². The molecular weight excluding hydrogens is 356 g/mol. The molecule has 1 aliphatic heterocycles. The number of aliphatic hydroxyl groups excluding tert-OH is 2. The van der Waals surface area contributed by atoms with Crippen LogP contribution in [-0.4, -0.2) is 60.0 Å². The number of carbonyl (C=O) groups is 2. The van der Waals surface area contributed by atoms with Gasteiger partial charge in [-0.2, -0.15) is 0 Å². The van der Waals surface area contributed by atoms with Crippen LogP contribution in [0.15, 0.2) is 17.5 Å². The largest absolute Gasteiger partial charge is 0.509 e. The number of aromatic nitrogens is 2. The van der Waals surface area contributed by atoms with Gasteiger partial charge in [-0.1, -0.05) is 18.8 Å². The number of hydrogen-bond donors (Lipinski definition) is 2. The summed E-state index contributed by atoms with van der Waals surface area (Å²) >= 11 is 0. The van der Waals surface area contributed by atoms with E-state index >= 15 is 0 Å². The second-order valence-corrected chi connectivity index (χ2v) is 7.14. The topological polar surface area (TPSA) is 139 Å². The van der Waals surface area contributed by atoms with Crippen molar-refractivity contribution in [1.29, 1.82) is 0 Å². The Hall–Kier alpha value is -2.75. The van der Waals surface area contributed by atoms with Crippen molar-refractivity contribution in [3.8, 4) is 0 Å². The Morgan fingerprint density at radius 2 is 2.04 bits per heavy atom. The molecule has 0 saturated carbocycles. The van der Waals surface area contributed by atoms with Crippen LogP contribution < -0.4 is 0 Å². The third-order valence-electron chi connectivity index (χ3n) is 4.47. The van der Waals surface area contributed by atoms with Gasteiger partial charge in [0.2, 0.25) is 0 Å². The van der Waals surface area contributed by atoms with Gasteiger partial charge in [-0.05, 0) is 31.1 Å². The molecule has 10 nitrogen and oxygen atoms in total. The average Bonchev–Trinajstić information content (AvgIpc) is 3.00. The zero-order valence-electron chi connectivity index (χ0n) is 15.7. The molecule has 148 valence electrons. The van der Waals surface area contributed by atoms with Crippen molar-refractivity contribution in [3.63, 3.8) is 0 Å². The molecule has 2 rings (SSSR count). The molecule has 0 spiro atoms. The molecule has 27 heavy (non-hydrogen) atoms. The van der Waals surface area contributed by atoms with E-state index in [0.717, 1.165) is 0 Å². The number of imidazole rings is 1. The molecule has 0 radical (unpaired) electrons. The minimum atomic E-state index is -1.14. The Balaban J connectivity index is 2.22. The zero-order valence-corrected chi connectivity index (χ0v) is 15.7. The van der Waals surface area contributed by atoms with Crippen LogP contribution in [0.4, 0.5) is 5.95 Å². The highest BCUT2D eigenvalue weighted by Gasteiger charge is 2.42. The monoisotopic (exact) mass is 380 g/mol. The summed E-state index contributed by atoms with van der Waals surface area (Å²) < 4.78 is 1.25. The van der Waals surface area contributed by atoms with E-state index in [1.54, 1.807) is 6.92 Å². The standard InChI is InChI=1S/C17H24N4O6/c1-9(2)5-13-15(24)14(11(4)22)16(25)20(13)8-12(23)7-19-10(3)6-18-17(19)21(26)27/h6,9,12-13,23-24H,5,7-8H2,1-4H3. The van der Waals surface area contributed by atoms with Crippen molar-refractivity contribution >= 4 is 17.6 Å². The van der Waals surface area contributed by atoms with Crippen LogP contribution >= 0.6 is 0 Å². The van der Waals surface area contributed by atoms with E-state index in [-0.39, 0.29) is 30.3 Å². The first-order valence-corrected chi connectivity index (χ1v) is 8.64. The third-order valence-corrected chi connectivity index (χ3v) is 4.47. The zero-order chi connectivity index (χ0) is 20.5. The normalized spacial score (nSPS) is 18.5. The average molecular weight is 380 g/mol. The Morgan fingerprint density at radius 1 is 1.41 bits per heavy atom. The molecule has 1 amide bonds. The van der Waals surface area contributed by atoms with Gasteiger partial charge >= 0.3 is 5.95 Å². The van der Waals surface area contributed by atoms with E-state index in [1.807, 2.05) is 13.8 Å². The number of nitrogens with zero attached hydrogens (tertiary/aromatic N) is 4. The summed E-state index contributed by atoms with van der Waals surface area (Å²) in [6.07, 6.45) is 0.606. The molecule has 1 aromatic rings. The van der Waals surface area contributed by atoms with E-state index in [9.17, 15) is 29.9 Å². The summed E-state index contributed by atoms with van der Waals surface area (Å²) in [4.78, 5) is 39.7. The molecule has 2 heterocycles. The number of nitro groups is 1. The summed E-state index contributed by atoms with van der Waals surface area (Å²) in [5.74, 6) is -1.72. The molecule has 1 aromatic heterocycles. The van der Waals surface area contributed by atoms with Crippen LogP contribution in [0.2, 0.25) is 0 Å². The Labute approximate surface area is 156 Å². The van der Waals surface area contributed by atoms with Crippen LogP contribution in [0.5, 0.6) is 0 Å². The number of carbonyl (C=O) groups excluding carboxylic acids is 2. The maximum absolute atomic E-state index is 12.6. The van der Waals surface area contributed by atoms with Gasteiger partial charge in [-0.15, -0.1) is 0 Å². The maximum Gasteiger partial charge on any atom is 0.434 e. The fraction of sp³-hybridized carbons (Fsp3) is 0.588. The predicted octanol–water partition coefficient (Wildman–Crippen LogP) is 1.12. The van der Waals surface area contributed by atoms with Gasteiger partial charge in [0.15, 0.2) is 5.78 Å². The number of Topliss-reactive ketones (excluding diaryl/α,β-unsaturated/α-hetero) is 1. The third kappa shape index (κ3) is 4.16. The fourth-order valence-electron chi connectivity index (χ4n) is 3.25. The Morgan fingerprint density at radius 3 is 2.56 bits per heavy atom. The summed E-state index contributed by atoms with van der Waals surface area (Å²) in [6.45, 7) is 6.33. The number of hydrogen-bond acceptors (Lipinski definition) is 7. The molecule has 0 aromatic carbocycles. The van der Waals surface area contributed by atoms with Crippen molar-refractivity contribution in [2.24, 2.45) is 5.92 Å². The minimum Gasteiger partial charge on any atom is -0.509 e. The summed E-state index contributed by atoms with van der Waals surface area (Å²) in [5.41, 5.74) is 0.232. The quantitative estimate of drug-likeness (QED) is 0.391. The van der Waals surface area contributed by atoms with Crippen molar-refractivity contribution in [2.75, 3.05) is 6.54 Å². The summed E-state index contributed by atoms with van der Waals surface area (Å²) in [7, 11) is 0. The van der Waals surface area contributed by atoms with Gasteiger partial charge in [0, 0.05) is 0 Å². The highest BCUT2D eigenvalue weighted by Crippen LogP contribution is 2.29. The first-order valence-electron chi connectivity index (χ1n) is 8.64. The number of β-amino-alcohol motifs (C(OH)–C–C–N with tert-alkyl or cyclic N) is 1. The molecular formula is C17H24N4O6. The lowest BCUT2D eigenvalue weighted by atomic mass is 10.0. The SMILES string of the molecule is CC(=O)C1=C(O)C(CC(C)C)N(CC(O)Cn2c(C)cnc2[N+](=O)[O-])C1=O. The second kappa shape index (κ2) is 7.87. The second-order valence-electron chi connectivity index (χ2n) is 7.14. The van der Waals surface area contributed by atoms with Gasteiger partial charge in [-0.3, -0.25) is 9.59 Å². The highest BCUT2D eigenvalue weighted by atomic mass is 16.6. The van der Waals surface area contributed by atoms with Crippen molar-refractivity contribution in [1.82, 2.24) is 14.5 Å². The van der Waals surface area contributed by atoms with Crippen LogP contribution in [0.1, 0.15) is 32.9 Å². The smallest absolute Gasteiger partial charge is 0.434 e. The van der Waals surface area contributed by atoms with Gasteiger partial charge in [0.1, 0.15) is 29.3 Å². The lowest BCUT2D eigenvalue weighted by molar-refractivity contribution is -0.397. The van der Waals surface area contributed by atoms with Gasteiger partial charge in [0.05, 0.1) is 19.1 Å². The van der Waals surface area contributed by atoms with Crippen LogP contribution in [0.25, 0.3) is 0 Å². The van der Waals surface area contributed by atoms with Crippen LogP contribution in [0.3, 0.4) is 0 Å². The van der Waals surface area contributed by atoms with E-state index in [1.165, 1.54) is 22.6 Å². The Bertz CT molecular complexity index is 797. The molecule has 0 bridgehead atoms. The van der Waals surface area contributed by atoms with Crippen molar-refractivity contribution in [2.45, 2.75) is 52.8 Å². The molecule has 10 heteroatoms. The first-order chi connectivity index (χ1) is 12.5. The van der Waals surface area contributed by atoms with Crippen LogP contribution in [0, 0.1) is 23.0 Å². The van der Waals surface area contributed by atoms with Gasteiger partial charge in [0.25, 0.3) is 5.91 Å². The number of amides is 1. The van der Waals surface area contributed by atoms with Crippen molar-refractivity contribution < 1.29 is 24.7 Å². The summed E-state index contributed by atoms with van der Waals surface area (Å²) in [5, 5.41) is 31.8. The van der Waals surface area contributed by atoms with E-state index in [4.69, 9.17) is 0 Å². The lowest BCUT2D eigenvalue weighted by Gasteiger charge is -2.28. The first kappa shape index (κ1) is 20.6. The number of aliphatic hydroxyl groups is 2. The molecule has 0 aliphatic carbocycles. The van der Waals surface area contributed by atoms with Crippen molar-refractivity contribution in [3.05, 3.63) is 33.3 Å². The van der Waals surface area contributed by atoms with E-state index < -0.39 is 34.7 Å². The van der Waals surface area contributed by atoms with Gasteiger partial charge in [-0.25, -0.2) is 4.57 Å².